The molecule has 1 aliphatic heterocycles. The maximum absolute atomic E-state index is 13.9. The summed E-state index contributed by atoms with van der Waals surface area (Å²) >= 11 is 0. The number of carbonyl (C=O) groups is 1. The number of hydrogen-bond acceptors (Lipinski definition) is 4. The van der Waals surface area contributed by atoms with Crippen LogP contribution in [0.15, 0.2) is 12.1 Å². The fourth-order valence-corrected chi connectivity index (χ4v) is 1.67. The molecule has 0 radical (unpaired) electrons. The largest absolute Gasteiger partial charge is 0.464 e. The van der Waals surface area contributed by atoms with Crippen molar-refractivity contribution < 1.29 is 23.4 Å². The third-order valence-electron chi connectivity index (χ3n) is 2.53. The molecule has 5 heteroatoms. The lowest BCUT2D eigenvalue weighted by Crippen LogP contribution is -2.12. The summed E-state index contributed by atoms with van der Waals surface area (Å²) in [6, 6.07) is 3.14. The first-order chi connectivity index (χ1) is 8.13. The summed E-state index contributed by atoms with van der Waals surface area (Å²) in [6.07, 6.45) is -1.79. The monoisotopic (exact) mass is 240 g/mol. The molecule has 1 atom stereocenters. The number of hydrogen-bond donors (Lipinski definition) is 0. The lowest BCUT2D eigenvalue weighted by molar-refractivity contribution is -0.149. The Balaban J connectivity index is 2.29. The van der Waals surface area contributed by atoms with Gasteiger partial charge in [0, 0.05) is 5.56 Å². The summed E-state index contributed by atoms with van der Waals surface area (Å²) < 4.78 is 28.8. The van der Waals surface area contributed by atoms with E-state index in [1.54, 1.807) is 19.9 Å². The summed E-state index contributed by atoms with van der Waals surface area (Å²) in [5, 5.41) is 0. The lowest BCUT2D eigenvalue weighted by atomic mass is 10.0. The molecule has 1 heterocycles. The highest BCUT2D eigenvalue weighted by Crippen LogP contribution is 2.37. The Morgan fingerprint density at radius 1 is 1.47 bits per heavy atom. The van der Waals surface area contributed by atoms with E-state index >= 15 is 0 Å². The Kier molecular flexibility index (Phi) is 3.17. The van der Waals surface area contributed by atoms with Gasteiger partial charge in [-0.25, -0.2) is 9.18 Å². The van der Waals surface area contributed by atoms with Gasteiger partial charge in [0.05, 0.1) is 6.61 Å². The molecule has 1 unspecified atom stereocenters. The van der Waals surface area contributed by atoms with Crippen LogP contribution in [0, 0.1) is 6.92 Å². The van der Waals surface area contributed by atoms with Gasteiger partial charge < -0.3 is 14.2 Å². The van der Waals surface area contributed by atoms with Gasteiger partial charge in [-0.15, -0.1) is 0 Å². The Morgan fingerprint density at radius 3 is 2.76 bits per heavy atom. The van der Waals surface area contributed by atoms with Crippen molar-refractivity contribution >= 4 is 5.97 Å². The molecule has 0 aromatic heterocycles. The molecule has 1 aliphatic rings. The number of halogens is 1. The summed E-state index contributed by atoms with van der Waals surface area (Å²) in [4.78, 5) is 11.3. The van der Waals surface area contributed by atoms with Crippen LogP contribution in [0.4, 0.5) is 4.39 Å². The van der Waals surface area contributed by atoms with Gasteiger partial charge in [-0.2, -0.15) is 0 Å². The molecule has 2 rings (SSSR count). The molecule has 0 saturated heterocycles. The normalized spacial score (nSPS) is 14.5. The zero-order chi connectivity index (χ0) is 12.4. The summed E-state index contributed by atoms with van der Waals surface area (Å²) in [5.41, 5.74) is 0.891. The van der Waals surface area contributed by atoms with Crippen molar-refractivity contribution in [3.63, 3.8) is 0 Å². The van der Waals surface area contributed by atoms with Gasteiger partial charge in [0.2, 0.25) is 13.0 Å². The Hall–Kier alpha value is -1.78. The standard InChI is InChI=1S/C12H13FO4/c1-3-15-12(14)11(13)8-5-10-9(4-7(8)2)16-6-17-10/h4-5,11H,3,6H2,1-2H3. The quantitative estimate of drug-likeness (QED) is 0.760. The molecule has 0 amide bonds. The molecule has 17 heavy (non-hydrogen) atoms. The van der Waals surface area contributed by atoms with E-state index < -0.39 is 12.1 Å². The van der Waals surface area contributed by atoms with Gasteiger partial charge in [0.1, 0.15) is 0 Å². The van der Waals surface area contributed by atoms with Crippen LogP contribution in [-0.2, 0) is 9.53 Å². The minimum atomic E-state index is -1.79. The fraction of sp³-hybridized carbons (Fsp3) is 0.417. The summed E-state index contributed by atoms with van der Waals surface area (Å²) in [6.45, 7) is 3.62. The molecule has 1 aromatic carbocycles. The van der Waals surface area contributed by atoms with Crippen LogP contribution in [-0.4, -0.2) is 19.4 Å². The Bertz CT molecular complexity index is 444. The van der Waals surface area contributed by atoms with Gasteiger partial charge >= 0.3 is 5.97 Å². The molecule has 1 aromatic rings. The van der Waals surface area contributed by atoms with Crippen LogP contribution >= 0.6 is 0 Å². The third-order valence-corrected chi connectivity index (χ3v) is 2.53. The minimum absolute atomic E-state index is 0.120. The fourth-order valence-electron chi connectivity index (χ4n) is 1.67. The van der Waals surface area contributed by atoms with Crippen molar-refractivity contribution in [2.45, 2.75) is 20.0 Å². The molecule has 0 fully saturated rings. The van der Waals surface area contributed by atoms with E-state index in [2.05, 4.69) is 4.74 Å². The van der Waals surface area contributed by atoms with Crippen LogP contribution in [0.2, 0.25) is 0 Å². The molecule has 0 spiro atoms. The second-order valence-electron chi connectivity index (χ2n) is 3.68. The van der Waals surface area contributed by atoms with Crippen LogP contribution in [0.3, 0.4) is 0 Å². The summed E-state index contributed by atoms with van der Waals surface area (Å²) in [7, 11) is 0. The van der Waals surface area contributed by atoms with Gasteiger partial charge in [0.25, 0.3) is 0 Å². The number of rotatable bonds is 3. The van der Waals surface area contributed by atoms with Gasteiger partial charge in [-0.05, 0) is 31.5 Å². The molecular weight excluding hydrogens is 227 g/mol. The third kappa shape index (κ3) is 2.18. The van der Waals surface area contributed by atoms with E-state index in [0.29, 0.717) is 17.1 Å². The molecule has 0 saturated carbocycles. The number of carbonyl (C=O) groups excluding carboxylic acids is 1. The predicted octanol–water partition coefficient (Wildman–Crippen LogP) is 2.30. The van der Waals surface area contributed by atoms with Crippen molar-refractivity contribution in [3.05, 3.63) is 23.3 Å². The first-order valence-corrected chi connectivity index (χ1v) is 5.34. The second-order valence-corrected chi connectivity index (χ2v) is 3.68. The minimum Gasteiger partial charge on any atom is -0.464 e. The van der Waals surface area contributed by atoms with Crippen molar-refractivity contribution in [1.82, 2.24) is 0 Å². The van der Waals surface area contributed by atoms with E-state index in [9.17, 15) is 9.18 Å². The van der Waals surface area contributed by atoms with Crippen molar-refractivity contribution in [2.24, 2.45) is 0 Å². The van der Waals surface area contributed by atoms with E-state index in [0.717, 1.165) is 0 Å². The van der Waals surface area contributed by atoms with Crippen LogP contribution in [0.1, 0.15) is 24.2 Å². The average molecular weight is 240 g/mol. The smallest absolute Gasteiger partial charge is 0.345 e. The van der Waals surface area contributed by atoms with Gasteiger partial charge in [0.15, 0.2) is 11.5 Å². The Labute approximate surface area is 98.3 Å². The van der Waals surface area contributed by atoms with Crippen LogP contribution in [0.5, 0.6) is 11.5 Å². The van der Waals surface area contributed by atoms with Crippen molar-refractivity contribution in [1.29, 1.82) is 0 Å². The first-order valence-electron chi connectivity index (χ1n) is 5.34. The highest BCUT2D eigenvalue weighted by Gasteiger charge is 2.26. The zero-order valence-corrected chi connectivity index (χ0v) is 9.66. The van der Waals surface area contributed by atoms with E-state index in [1.807, 2.05) is 0 Å². The number of aryl methyl sites for hydroxylation is 1. The predicted molar refractivity (Wildman–Crippen MR) is 57.8 cm³/mol. The van der Waals surface area contributed by atoms with Crippen LogP contribution < -0.4 is 9.47 Å². The number of esters is 1. The zero-order valence-electron chi connectivity index (χ0n) is 9.66. The molecule has 0 N–H and O–H groups in total. The van der Waals surface area contributed by atoms with E-state index in [1.165, 1.54) is 6.07 Å². The van der Waals surface area contributed by atoms with Gasteiger partial charge in [-0.3, -0.25) is 0 Å². The average Bonchev–Trinajstić information content (AvgIpc) is 2.74. The number of alkyl halides is 1. The number of benzene rings is 1. The Morgan fingerprint density at radius 2 is 2.12 bits per heavy atom. The highest BCUT2D eigenvalue weighted by atomic mass is 19.1. The number of ether oxygens (including phenoxy) is 3. The van der Waals surface area contributed by atoms with Crippen LogP contribution in [0.25, 0.3) is 0 Å². The molecule has 92 valence electrons. The maximum atomic E-state index is 13.9. The molecule has 4 nitrogen and oxygen atoms in total. The maximum Gasteiger partial charge on any atom is 0.345 e. The molecular formula is C12H13FO4. The van der Waals surface area contributed by atoms with E-state index in [4.69, 9.17) is 9.47 Å². The first kappa shape index (κ1) is 11.7. The van der Waals surface area contributed by atoms with Crippen molar-refractivity contribution in [3.8, 4) is 11.5 Å². The number of fused-ring (bicyclic) bond motifs is 1. The van der Waals surface area contributed by atoms with Gasteiger partial charge in [-0.1, -0.05) is 0 Å². The summed E-state index contributed by atoms with van der Waals surface area (Å²) in [5.74, 6) is 0.148. The second kappa shape index (κ2) is 4.61. The highest BCUT2D eigenvalue weighted by molar-refractivity contribution is 5.77. The molecule has 0 bridgehead atoms. The lowest BCUT2D eigenvalue weighted by Gasteiger charge is -2.11. The molecule has 0 aliphatic carbocycles. The van der Waals surface area contributed by atoms with E-state index in [-0.39, 0.29) is 19.0 Å². The SMILES string of the molecule is CCOC(=O)C(F)c1cc2c(cc1C)OCO2. The van der Waals surface area contributed by atoms with Crippen molar-refractivity contribution in [2.75, 3.05) is 13.4 Å². The topological polar surface area (TPSA) is 44.8 Å².